The second kappa shape index (κ2) is 21.3. The van der Waals surface area contributed by atoms with Gasteiger partial charge in [-0.05, 0) is 130 Å². The van der Waals surface area contributed by atoms with E-state index in [1.165, 1.54) is 44.5 Å². The van der Waals surface area contributed by atoms with E-state index in [4.69, 9.17) is 9.97 Å². The van der Waals surface area contributed by atoms with E-state index in [9.17, 15) is 0 Å². The summed E-state index contributed by atoms with van der Waals surface area (Å²) in [6.07, 6.45) is 2.18. The number of nitrogens with zero attached hydrogens (tertiary/aromatic N) is 6. The average molecular weight is 1140 g/mol. The minimum Gasteiger partial charge on any atom is -1.00 e. The Morgan fingerprint density at radius 3 is 1.56 bits per heavy atom. The number of imidazole rings is 1. The van der Waals surface area contributed by atoms with Crippen LogP contribution in [-0.4, -0.2) is 20.6 Å². The van der Waals surface area contributed by atoms with Crippen molar-refractivity contribution in [2.75, 3.05) is 9.80 Å². The summed E-state index contributed by atoms with van der Waals surface area (Å²) in [6.45, 7) is 33.6. The Hall–Kier alpha value is -4.37. The molecule has 4 aromatic carbocycles. The molecule has 0 aliphatic carbocycles. The number of aryl methyl sites for hydroxylation is 2. The van der Waals surface area contributed by atoms with Crippen LogP contribution in [0.3, 0.4) is 0 Å². The zero-order valence-electron chi connectivity index (χ0n) is 40.3. The number of fused-ring (bicyclic) bond motifs is 2. The summed E-state index contributed by atoms with van der Waals surface area (Å²) < 4.78 is 4.53. The third kappa shape index (κ3) is 10.3. The van der Waals surface area contributed by atoms with Gasteiger partial charge in [0.2, 0.25) is 0 Å². The topological polar surface area (TPSA) is 41.1 Å². The molecule has 339 valence electrons. The van der Waals surface area contributed by atoms with Gasteiger partial charge >= 0.3 is 0 Å². The number of benzene rings is 4. The molecule has 0 saturated heterocycles. The molecule has 3 aromatic heterocycles. The van der Waals surface area contributed by atoms with E-state index >= 15 is 0 Å². The van der Waals surface area contributed by atoms with Gasteiger partial charge in [-0.25, -0.2) is 14.5 Å². The van der Waals surface area contributed by atoms with Gasteiger partial charge in [-0.15, -0.1) is 12.4 Å². The van der Waals surface area contributed by atoms with Crippen molar-refractivity contribution < 1.29 is 48.6 Å². The second-order valence-electron chi connectivity index (χ2n) is 18.9. The first-order chi connectivity index (χ1) is 29.5. The van der Waals surface area contributed by atoms with Gasteiger partial charge in [0.15, 0.2) is 5.52 Å². The van der Waals surface area contributed by atoms with Gasteiger partial charge in [-0.2, -0.15) is 34.9 Å². The van der Waals surface area contributed by atoms with Crippen molar-refractivity contribution in [2.45, 2.75) is 133 Å². The van der Waals surface area contributed by atoms with Crippen molar-refractivity contribution in [3.8, 4) is 28.2 Å². The van der Waals surface area contributed by atoms with Crippen LogP contribution in [0.25, 0.3) is 39.4 Å². The number of hydrogen-bond donors (Lipinski definition) is 0. The van der Waals surface area contributed by atoms with Crippen LogP contribution in [-0.2, 0) is 20.1 Å². The standard InChI is InChI=1S/C28H34N3.C28H33N3.HI.Ir/c2*1-18(2)23-15-21(7)16-24(19(3)4)27(23)25-13-14-26-28(29-25)31(17-30(26)20(5)6)22-11-9-8-10-12-22;;/h8-20H,1-7H3;8-11,13-20H,1-7H3;1H;/q+1;-2;;/p-1. The molecular formula is C56H67IIrN6-2. The Kier molecular flexibility index (Phi) is 16.8. The first-order valence-electron chi connectivity index (χ1n) is 22.7. The van der Waals surface area contributed by atoms with Crippen molar-refractivity contribution in [3.63, 3.8) is 0 Å². The molecule has 0 fully saturated rings. The molecule has 0 N–H and O–H groups in total. The molecule has 8 rings (SSSR count). The predicted molar refractivity (Wildman–Crippen MR) is 262 cm³/mol. The maximum absolute atomic E-state index is 5.28. The Bertz CT molecular complexity index is 2610. The fourth-order valence-corrected chi connectivity index (χ4v) is 8.81. The number of hydrogen-bond acceptors (Lipinski definition) is 4. The Balaban J connectivity index is 0.000000234. The van der Waals surface area contributed by atoms with E-state index in [0.29, 0.717) is 35.8 Å². The summed E-state index contributed by atoms with van der Waals surface area (Å²) in [4.78, 5) is 15.0. The number of halogens is 1. The van der Waals surface area contributed by atoms with Crippen molar-refractivity contribution in [1.29, 1.82) is 0 Å². The van der Waals surface area contributed by atoms with Crippen molar-refractivity contribution in [3.05, 3.63) is 156 Å². The molecule has 8 heteroatoms. The average Bonchev–Trinajstić information content (AvgIpc) is 3.83. The first kappa shape index (κ1) is 50.6. The van der Waals surface area contributed by atoms with Crippen LogP contribution < -0.4 is 38.3 Å². The Morgan fingerprint density at radius 2 is 1.09 bits per heavy atom. The van der Waals surface area contributed by atoms with Gasteiger partial charge in [0.05, 0.1) is 17.4 Å². The molecule has 0 unspecified atom stereocenters. The normalized spacial score (nSPS) is 12.4. The molecule has 0 amide bonds. The van der Waals surface area contributed by atoms with Gasteiger partial charge in [0.1, 0.15) is 11.5 Å². The van der Waals surface area contributed by atoms with E-state index in [1.807, 2.05) is 12.1 Å². The summed E-state index contributed by atoms with van der Waals surface area (Å²) >= 11 is 0. The quantitative estimate of drug-likeness (QED) is 0.0777. The van der Waals surface area contributed by atoms with Gasteiger partial charge < -0.3 is 33.8 Å². The molecule has 4 heterocycles. The van der Waals surface area contributed by atoms with Crippen LogP contribution in [0.4, 0.5) is 17.2 Å². The predicted octanol–water partition coefficient (Wildman–Crippen LogP) is 11.7. The molecule has 1 radical (unpaired) electrons. The van der Waals surface area contributed by atoms with Crippen LogP contribution in [0.1, 0.15) is 146 Å². The van der Waals surface area contributed by atoms with Crippen LogP contribution >= 0.6 is 0 Å². The molecule has 1 aliphatic heterocycles. The molecule has 0 bridgehead atoms. The Labute approximate surface area is 414 Å². The van der Waals surface area contributed by atoms with Crippen molar-refractivity contribution in [1.82, 2.24) is 14.5 Å². The fraction of sp³-hybridized carbons (Fsp3) is 0.357. The number of pyridine rings is 2. The monoisotopic (exact) mass is 1140 g/mol. The summed E-state index contributed by atoms with van der Waals surface area (Å²) in [5, 5.41) is 0. The van der Waals surface area contributed by atoms with Crippen molar-refractivity contribution in [2.24, 2.45) is 0 Å². The largest absolute Gasteiger partial charge is 1.00 e. The maximum atomic E-state index is 5.28. The molecule has 64 heavy (non-hydrogen) atoms. The smallest absolute Gasteiger partial charge is 0.274 e. The third-order valence-corrected chi connectivity index (χ3v) is 12.0. The maximum Gasteiger partial charge on any atom is 0.274 e. The van der Waals surface area contributed by atoms with Crippen LogP contribution in [0.15, 0.2) is 109 Å². The molecule has 6 nitrogen and oxygen atoms in total. The van der Waals surface area contributed by atoms with E-state index < -0.39 is 0 Å². The summed E-state index contributed by atoms with van der Waals surface area (Å²) in [5.74, 6) is 2.70. The van der Waals surface area contributed by atoms with Crippen LogP contribution in [0.2, 0.25) is 0 Å². The first-order valence-corrected chi connectivity index (χ1v) is 22.7. The number of para-hydroxylation sites is 2. The molecule has 0 atom stereocenters. The van der Waals surface area contributed by atoms with E-state index in [1.54, 1.807) is 0 Å². The molecule has 7 aromatic rings. The Morgan fingerprint density at radius 1 is 0.594 bits per heavy atom. The van der Waals surface area contributed by atoms with E-state index in [2.05, 4.69) is 226 Å². The third-order valence-electron chi connectivity index (χ3n) is 12.0. The summed E-state index contributed by atoms with van der Waals surface area (Å²) in [7, 11) is 0. The van der Waals surface area contributed by atoms with Gasteiger partial charge in [-0.3, -0.25) is 0 Å². The van der Waals surface area contributed by atoms with Crippen LogP contribution in [0, 0.1) is 26.6 Å². The molecule has 1 aliphatic rings. The zero-order valence-corrected chi connectivity index (χ0v) is 44.9. The minimum absolute atomic E-state index is 0. The fourth-order valence-electron chi connectivity index (χ4n) is 8.81. The van der Waals surface area contributed by atoms with Gasteiger partial charge in [0, 0.05) is 36.9 Å². The van der Waals surface area contributed by atoms with E-state index in [0.717, 1.165) is 45.4 Å². The summed E-state index contributed by atoms with van der Waals surface area (Å²) in [6, 6.07) is 40.9. The molecule has 0 spiro atoms. The SMILES string of the molecule is Cc1cc(C(C)C)c(-c2ccc3c(n2)N(c2[c-]cccc2)[CH-]N3C(C)C)c(C(C)C)c1.Cc1cc(C(C)C)c(-c2ccc3c(n2)n(-c2ccccc2)c[n+]3C(C)C)c(C(C)C)c1.[I-].[Ir]. The van der Waals surface area contributed by atoms with Crippen LogP contribution in [0.5, 0.6) is 0 Å². The van der Waals surface area contributed by atoms with Gasteiger partial charge in [0.25, 0.3) is 12.0 Å². The zero-order chi connectivity index (χ0) is 44.6. The molecular weight excluding hydrogens is 1080 g/mol. The number of aromatic nitrogens is 4. The van der Waals surface area contributed by atoms with Crippen molar-refractivity contribution >= 4 is 28.4 Å². The summed E-state index contributed by atoms with van der Waals surface area (Å²) in [5.41, 5.74) is 18.3. The molecule has 0 saturated carbocycles. The van der Waals surface area contributed by atoms with Gasteiger partial charge in [-0.1, -0.05) is 109 Å². The number of rotatable bonds is 10. The second-order valence-corrected chi connectivity index (χ2v) is 18.9. The number of anilines is 3. The minimum atomic E-state index is 0. The van der Waals surface area contributed by atoms with E-state index in [-0.39, 0.29) is 44.1 Å².